The van der Waals surface area contributed by atoms with Crippen LogP contribution in [-0.2, 0) is 19.1 Å². The van der Waals surface area contributed by atoms with Crippen LogP contribution in [0, 0.1) is 16.7 Å². The Labute approximate surface area is 250 Å². The van der Waals surface area contributed by atoms with Crippen LogP contribution >= 0.6 is 0 Å². The van der Waals surface area contributed by atoms with Crippen molar-refractivity contribution in [3.63, 3.8) is 0 Å². The first-order chi connectivity index (χ1) is 21.0. The molecule has 0 saturated carbocycles. The second kappa shape index (κ2) is 11.5. The molecule has 2 aliphatic heterocycles. The lowest BCUT2D eigenvalue weighted by molar-refractivity contribution is -0.153. The van der Waals surface area contributed by atoms with Gasteiger partial charge in [-0.3, -0.25) is 4.79 Å². The average Bonchev–Trinajstić information content (AvgIpc) is 3.39. The first-order valence-electron chi connectivity index (χ1n) is 14.0. The largest absolute Gasteiger partial charge is 0.497 e. The second-order valence-electron chi connectivity index (χ2n) is 10.6. The Morgan fingerprint density at radius 1 is 0.837 bits per heavy atom. The zero-order valence-electron chi connectivity index (χ0n) is 23.8. The Bertz CT molecular complexity index is 1660. The molecule has 0 N–H and O–H groups in total. The van der Waals surface area contributed by atoms with Crippen molar-refractivity contribution in [3.05, 3.63) is 143 Å². The molecule has 214 valence electrons. The standard InChI is InChI=1S/C36H30N2O5/c1-41-28-19-17-25(18-20-28)30-31(34(39)43-32(26-12-5-3-6-13-26)27-14-7-4-8-15-27)38-22-21-24-11-9-10-16-29(24)33(38)36(30,23-37)35(40)42-2/h3-22,30-33H,1-2H3/t30-,31-,33+,36-/m0/s1. The lowest BCUT2D eigenvalue weighted by atomic mass is 9.67. The van der Waals surface area contributed by atoms with Gasteiger partial charge < -0.3 is 19.1 Å². The van der Waals surface area contributed by atoms with Crippen molar-refractivity contribution in [1.82, 2.24) is 4.90 Å². The summed E-state index contributed by atoms with van der Waals surface area (Å²) >= 11 is 0. The third-order valence-electron chi connectivity index (χ3n) is 8.44. The molecule has 2 heterocycles. The summed E-state index contributed by atoms with van der Waals surface area (Å²) in [7, 11) is 2.84. The molecule has 0 amide bonds. The van der Waals surface area contributed by atoms with E-state index in [4.69, 9.17) is 14.2 Å². The Balaban J connectivity index is 1.54. The number of methoxy groups -OCH3 is 2. The highest BCUT2D eigenvalue weighted by Gasteiger charge is 2.68. The van der Waals surface area contributed by atoms with Crippen molar-refractivity contribution >= 4 is 18.0 Å². The Morgan fingerprint density at radius 3 is 2.02 bits per heavy atom. The van der Waals surface area contributed by atoms with Gasteiger partial charge in [-0.25, -0.2) is 4.79 Å². The molecule has 0 aromatic heterocycles. The molecular formula is C36H30N2O5. The van der Waals surface area contributed by atoms with Crippen LogP contribution < -0.4 is 4.74 Å². The van der Waals surface area contributed by atoms with Crippen LogP contribution in [0.5, 0.6) is 5.75 Å². The number of hydrogen-bond donors (Lipinski definition) is 0. The van der Waals surface area contributed by atoms with Crippen LogP contribution in [0.2, 0.25) is 0 Å². The van der Waals surface area contributed by atoms with Gasteiger partial charge in [0.1, 0.15) is 11.8 Å². The molecule has 4 aromatic rings. The summed E-state index contributed by atoms with van der Waals surface area (Å²) < 4.78 is 17.1. The molecule has 0 radical (unpaired) electrons. The number of nitrogens with zero attached hydrogens (tertiary/aromatic N) is 2. The summed E-state index contributed by atoms with van der Waals surface area (Å²) in [5.41, 5.74) is 2.07. The van der Waals surface area contributed by atoms with Crippen molar-refractivity contribution in [3.8, 4) is 11.8 Å². The van der Waals surface area contributed by atoms with Gasteiger partial charge in [0.25, 0.3) is 0 Å². The molecule has 0 unspecified atom stereocenters. The Kier molecular flexibility index (Phi) is 7.43. The molecule has 1 fully saturated rings. The summed E-state index contributed by atoms with van der Waals surface area (Å²) in [5.74, 6) is -1.60. The van der Waals surface area contributed by atoms with E-state index in [0.29, 0.717) is 11.3 Å². The Hall–Kier alpha value is -5.35. The van der Waals surface area contributed by atoms with Crippen LogP contribution in [0.1, 0.15) is 45.9 Å². The van der Waals surface area contributed by atoms with E-state index in [2.05, 4.69) is 6.07 Å². The number of carbonyl (C=O) groups is 2. The quantitative estimate of drug-likeness (QED) is 0.244. The second-order valence-corrected chi connectivity index (χ2v) is 10.6. The molecule has 43 heavy (non-hydrogen) atoms. The summed E-state index contributed by atoms with van der Waals surface area (Å²) in [5, 5.41) is 11.0. The lowest BCUT2D eigenvalue weighted by Crippen LogP contribution is -2.41. The first-order valence-corrected chi connectivity index (χ1v) is 14.0. The first kappa shape index (κ1) is 27.8. The van der Waals surface area contributed by atoms with E-state index in [0.717, 1.165) is 22.3 Å². The maximum absolute atomic E-state index is 14.6. The summed E-state index contributed by atoms with van der Waals surface area (Å²) in [6.45, 7) is 0. The molecule has 7 heteroatoms. The molecule has 2 aliphatic rings. The van der Waals surface area contributed by atoms with E-state index in [1.807, 2.05) is 91.0 Å². The number of hydrogen-bond acceptors (Lipinski definition) is 7. The maximum Gasteiger partial charge on any atom is 0.330 e. The van der Waals surface area contributed by atoms with Crippen molar-refractivity contribution < 1.29 is 23.8 Å². The van der Waals surface area contributed by atoms with Crippen LogP contribution in [0.4, 0.5) is 0 Å². The minimum Gasteiger partial charge on any atom is -0.497 e. The number of ether oxygens (including phenoxy) is 3. The Morgan fingerprint density at radius 2 is 1.44 bits per heavy atom. The number of benzene rings is 4. The van der Waals surface area contributed by atoms with Gasteiger partial charge in [-0.15, -0.1) is 0 Å². The van der Waals surface area contributed by atoms with Gasteiger partial charge in [0.2, 0.25) is 0 Å². The molecule has 4 aromatic carbocycles. The van der Waals surface area contributed by atoms with E-state index in [1.54, 1.807) is 42.5 Å². The van der Waals surface area contributed by atoms with Crippen molar-refractivity contribution in [2.45, 2.75) is 24.1 Å². The average molecular weight is 571 g/mol. The van der Waals surface area contributed by atoms with Crippen LogP contribution in [-0.4, -0.2) is 37.1 Å². The molecule has 7 nitrogen and oxygen atoms in total. The lowest BCUT2D eigenvalue weighted by Gasteiger charge is -2.36. The van der Waals surface area contributed by atoms with Gasteiger partial charge in [-0.2, -0.15) is 5.26 Å². The predicted octanol–water partition coefficient (Wildman–Crippen LogP) is 6.20. The number of nitriles is 1. The minimum atomic E-state index is -1.77. The third-order valence-corrected chi connectivity index (χ3v) is 8.44. The van der Waals surface area contributed by atoms with E-state index in [-0.39, 0.29) is 0 Å². The fourth-order valence-corrected chi connectivity index (χ4v) is 6.52. The van der Waals surface area contributed by atoms with Crippen molar-refractivity contribution in [2.75, 3.05) is 14.2 Å². The van der Waals surface area contributed by atoms with Gasteiger partial charge in [0, 0.05) is 12.1 Å². The van der Waals surface area contributed by atoms with Crippen LogP contribution in [0.15, 0.2) is 115 Å². The fourth-order valence-electron chi connectivity index (χ4n) is 6.52. The van der Waals surface area contributed by atoms with Crippen LogP contribution in [0.25, 0.3) is 6.08 Å². The van der Waals surface area contributed by atoms with Crippen LogP contribution in [0.3, 0.4) is 0 Å². The van der Waals surface area contributed by atoms with E-state index >= 15 is 0 Å². The number of carbonyl (C=O) groups excluding carboxylic acids is 2. The smallest absolute Gasteiger partial charge is 0.330 e. The summed E-state index contributed by atoms with van der Waals surface area (Å²) in [6, 6.07) is 34.2. The zero-order valence-corrected chi connectivity index (χ0v) is 23.8. The SMILES string of the molecule is COC(=O)[C@@]1(C#N)[C@@H](c2ccc(OC)cc2)[C@@H](C(=O)OC(c2ccccc2)c2ccccc2)N2C=Cc3ccccc3[C@@H]21. The molecular weight excluding hydrogens is 540 g/mol. The summed E-state index contributed by atoms with van der Waals surface area (Å²) in [4.78, 5) is 30.3. The van der Waals surface area contributed by atoms with Gasteiger partial charge in [0.05, 0.1) is 26.3 Å². The van der Waals surface area contributed by atoms with E-state index < -0.39 is 41.5 Å². The molecule has 0 spiro atoms. The van der Waals surface area contributed by atoms with Gasteiger partial charge >= 0.3 is 11.9 Å². The zero-order chi connectivity index (χ0) is 30.0. The molecule has 0 bridgehead atoms. The third kappa shape index (κ3) is 4.61. The predicted molar refractivity (Wildman–Crippen MR) is 160 cm³/mol. The highest BCUT2D eigenvalue weighted by molar-refractivity contribution is 5.89. The number of esters is 2. The van der Waals surface area contributed by atoms with Crippen molar-refractivity contribution in [2.24, 2.45) is 5.41 Å². The monoisotopic (exact) mass is 570 g/mol. The molecule has 4 atom stereocenters. The number of fused-ring (bicyclic) bond motifs is 3. The molecule has 6 rings (SSSR count). The molecule has 0 aliphatic carbocycles. The fraction of sp³-hybridized carbons (Fsp3) is 0.194. The van der Waals surface area contributed by atoms with Gasteiger partial charge in [0.15, 0.2) is 11.5 Å². The van der Waals surface area contributed by atoms with E-state index in [9.17, 15) is 14.9 Å². The van der Waals surface area contributed by atoms with Gasteiger partial charge in [-0.05, 0) is 46.0 Å². The minimum absolute atomic E-state index is 0.561. The van der Waals surface area contributed by atoms with E-state index in [1.165, 1.54) is 7.11 Å². The highest BCUT2D eigenvalue weighted by atomic mass is 16.5. The van der Waals surface area contributed by atoms with Crippen molar-refractivity contribution in [1.29, 1.82) is 5.26 Å². The topological polar surface area (TPSA) is 88.9 Å². The van der Waals surface area contributed by atoms with Gasteiger partial charge in [-0.1, -0.05) is 97.1 Å². The maximum atomic E-state index is 14.6. The summed E-state index contributed by atoms with van der Waals surface area (Å²) in [6.07, 6.45) is 2.98. The highest BCUT2D eigenvalue weighted by Crippen LogP contribution is 2.60. The number of rotatable bonds is 7. The normalized spacial score (nSPS) is 21.8. The molecule has 1 saturated heterocycles.